The van der Waals surface area contributed by atoms with E-state index >= 15 is 0 Å². The van der Waals surface area contributed by atoms with Gasteiger partial charge in [0.25, 0.3) is 10.0 Å². The molecule has 2 aromatic heterocycles. The van der Waals surface area contributed by atoms with Crippen molar-refractivity contribution in [1.29, 1.82) is 0 Å². The average Bonchev–Trinajstić information content (AvgIpc) is 3.39. The molecule has 1 saturated heterocycles. The Morgan fingerprint density at radius 2 is 1.90 bits per heavy atom. The molecule has 1 amide bonds. The first-order valence-corrected chi connectivity index (χ1v) is 13.0. The molecule has 158 valence electrons. The standard InChI is InChI=1S/C21H23N3O3S3/c1-15-7-3-4-8-17(15)18-14-28-21(22-18)23-19(25)13-16-9-10-20(29-16)30(26,27)24-11-5-2-6-12-24/h3-4,7-10,14H,2,5-6,11-13H2,1H3,(H,22,23,25). The Morgan fingerprint density at radius 3 is 2.67 bits per heavy atom. The normalized spacial score (nSPS) is 15.2. The summed E-state index contributed by atoms with van der Waals surface area (Å²) in [5.41, 5.74) is 3.00. The van der Waals surface area contributed by atoms with E-state index in [2.05, 4.69) is 10.3 Å². The third-order valence-electron chi connectivity index (χ3n) is 5.05. The van der Waals surface area contributed by atoms with E-state index in [1.54, 1.807) is 16.4 Å². The number of thiazole rings is 1. The van der Waals surface area contributed by atoms with Gasteiger partial charge in [-0.2, -0.15) is 4.31 Å². The molecular weight excluding hydrogens is 438 g/mol. The van der Waals surface area contributed by atoms with E-state index in [1.807, 2.05) is 36.6 Å². The zero-order valence-electron chi connectivity index (χ0n) is 16.6. The number of benzene rings is 1. The topological polar surface area (TPSA) is 79.4 Å². The first kappa shape index (κ1) is 21.2. The minimum atomic E-state index is -3.46. The van der Waals surface area contributed by atoms with Crippen molar-refractivity contribution in [2.45, 2.75) is 36.8 Å². The summed E-state index contributed by atoms with van der Waals surface area (Å²) in [7, 11) is -3.46. The number of thiophene rings is 1. The number of aryl methyl sites for hydroxylation is 1. The Bertz CT molecular complexity index is 1140. The van der Waals surface area contributed by atoms with Crippen LogP contribution >= 0.6 is 22.7 Å². The van der Waals surface area contributed by atoms with Crippen LogP contribution in [0.4, 0.5) is 5.13 Å². The van der Waals surface area contributed by atoms with Gasteiger partial charge in [-0.05, 0) is 37.5 Å². The number of rotatable bonds is 6. The van der Waals surface area contributed by atoms with Crippen molar-refractivity contribution in [3.63, 3.8) is 0 Å². The lowest BCUT2D eigenvalue weighted by molar-refractivity contribution is -0.115. The third-order valence-corrected chi connectivity index (χ3v) is 9.26. The van der Waals surface area contributed by atoms with Crippen LogP contribution < -0.4 is 5.32 Å². The van der Waals surface area contributed by atoms with E-state index in [4.69, 9.17) is 0 Å². The molecule has 0 saturated carbocycles. The van der Waals surface area contributed by atoms with Gasteiger partial charge in [-0.1, -0.05) is 30.7 Å². The van der Waals surface area contributed by atoms with Gasteiger partial charge >= 0.3 is 0 Å². The molecule has 0 bridgehead atoms. The van der Waals surface area contributed by atoms with Crippen molar-refractivity contribution in [3.05, 3.63) is 52.2 Å². The first-order chi connectivity index (χ1) is 14.4. The number of nitrogens with zero attached hydrogens (tertiary/aromatic N) is 2. The summed E-state index contributed by atoms with van der Waals surface area (Å²) in [5.74, 6) is -0.204. The van der Waals surface area contributed by atoms with E-state index < -0.39 is 10.0 Å². The highest BCUT2D eigenvalue weighted by Gasteiger charge is 2.27. The minimum absolute atomic E-state index is 0.124. The van der Waals surface area contributed by atoms with E-state index in [0.717, 1.165) is 41.0 Å². The fourth-order valence-electron chi connectivity index (χ4n) is 3.46. The number of hydrogen-bond acceptors (Lipinski definition) is 6. The molecule has 3 aromatic rings. The lowest BCUT2D eigenvalue weighted by Gasteiger charge is -2.25. The summed E-state index contributed by atoms with van der Waals surface area (Å²) < 4.78 is 27.4. The number of amides is 1. The van der Waals surface area contributed by atoms with Crippen LogP contribution in [0.2, 0.25) is 0 Å². The van der Waals surface area contributed by atoms with Crippen LogP contribution in [0, 0.1) is 6.92 Å². The summed E-state index contributed by atoms with van der Waals surface area (Å²) >= 11 is 2.55. The number of carbonyl (C=O) groups is 1. The van der Waals surface area contributed by atoms with Gasteiger partial charge in [-0.3, -0.25) is 4.79 Å². The molecule has 1 aliphatic rings. The molecule has 1 aromatic carbocycles. The number of piperidine rings is 1. The smallest absolute Gasteiger partial charge is 0.252 e. The van der Waals surface area contributed by atoms with Gasteiger partial charge in [0, 0.05) is 28.9 Å². The third kappa shape index (κ3) is 4.64. The van der Waals surface area contributed by atoms with E-state index in [-0.39, 0.29) is 12.3 Å². The molecule has 1 N–H and O–H groups in total. The maximum atomic E-state index is 12.8. The van der Waals surface area contributed by atoms with Gasteiger partial charge in [-0.25, -0.2) is 13.4 Å². The minimum Gasteiger partial charge on any atom is -0.302 e. The van der Waals surface area contributed by atoms with Crippen LogP contribution in [-0.2, 0) is 21.2 Å². The van der Waals surface area contributed by atoms with Crippen molar-refractivity contribution < 1.29 is 13.2 Å². The average molecular weight is 462 g/mol. The molecule has 0 aliphatic carbocycles. The summed E-state index contributed by atoms with van der Waals surface area (Å²) in [6.07, 6.45) is 3.00. The fraction of sp³-hybridized carbons (Fsp3) is 0.333. The van der Waals surface area contributed by atoms with Gasteiger partial charge in [0.1, 0.15) is 4.21 Å². The molecule has 0 unspecified atom stereocenters. The molecule has 1 fully saturated rings. The Morgan fingerprint density at radius 1 is 1.13 bits per heavy atom. The van der Waals surface area contributed by atoms with E-state index in [0.29, 0.717) is 22.4 Å². The van der Waals surface area contributed by atoms with Crippen LogP contribution in [-0.4, -0.2) is 36.7 Å². The van der Waals surface area contributed by atoms with Gasteiger partial charge < -0.3 is 5.32 Å². The van der Waals surface area contributed by atoms with Gasteiger partial charge in [0.2, 0.25) is 5.91 Å². The largest absolute Gasteiger partial charge is 0.302 e. The summed E-state index contributed by atoms with van der Waals surface area (Å²) in [6.45, 7) is 3.17. The van der Waals surface area contributed by atoms with Crippen molar-refractivity contribution in [2.24, 2.45) is 0 Å². The molecule has 1 aliphatic heterocycles. The second-order valence-electron chi connectivity index (χ2n) is 7.26. The lowest BCUT2D eigenvalue weighted by atomic mass is 10.1. The van der Waals surface area contributed by atoms with Gasteiger partial charge in [-0.15, -0.1) is 22.7 Å². The molecule has 30 heavy (non-hydrogen) atoms. The number of aromatic nitrogens is 1. The number of carbonyl (C=O) groups excluding carboxylic acids is 1. The van der Waals surface area contributed by atoms with E-state index in [1.165, 1.54) is 22.7 Å². The summed E-state index contributed by atoms with van der Waals surface area (Å²) in [4.78, 5) is 17.7. The molecule has 4 rings (SSSR count). The SMILES string of the molecule is Cc1ccccc1-c1csc(NC(=O)Cc2ccc(S(=O)(=O)N3CCCCC3)s2)n1. The molecular formula is C21H23N3O3S3. The van der Waals surface area contributed by atoms with Gasteiger partial charge in [0.05, 0.1) is 12.1 Å². The number of sulfonamides is 1. The fourth-order valence-corrected chi connectivity index (χ4v) is 7.21. The molecule has 0 radical (unpaired) electrons. The number of hydrogen-bond donors (Lipinski definition) is 1. The maximum absolute atomic E-state index is 12.8. The van der Waals surface area contributed by atoms with Crippen molar-refractivity contribution in [1.82, 2.24) is 9.29 Å². The summed E-state index contributed by atoms with van der Waals surface area (Å²) in [5, 5.41) is 5.29. The Hall–Kier alpha value is -2.07. The van der Waals surface area contributed by atoms with Crippen LogP contribution in [0.1, 0.15) is 29.7 Å². The van der Waals surface area contributed by atoms with Crippen LogP contribution in [0.25, 0.3) is 11.3 Å². The van der Waals surface area contributed by atoms with Crippen molar-refractivity contribution in [2.75, 3.05) is 18.4 Å². The van der Waals surface area contributed by atoms with Crippen molar-refractivity contribution in [3.8, 4) is 11.3 Å². The van der Waals surface area contributed by atoms with Crippen LogP contribution in [0.5, 0.6) is 0 Å². The maximum Gasteiger partial charge on any atom is 0.252 e. The lowest BCUT2D eigenvalue weighted by Crippen LogP contribution is -2.35. The van der Waals surface area contributed by atoms with Crippen molar-refractivity contribution >= 4 is 43.7 Å². The quantitative estimate of drug-likeness (QED) is 0.585. The summed E-state index contributed by atoms with van der Waals surface area (Å²) in [6, 6.07) is 11.3. The Kier molecular flexibility index (Phi) is 6.33. The predicted octanol–water partition coefficient (Wildman–Crippen LogP) is 4.54. The van der Waals surface area contributed by atoms with Crippen LogP contribution in [0.3, 0.4) is 0 Å². The molecule has 0 spiro atoms. The van der Waals surface area contributed by atoms with Crippen LogP contribution in [0.15, 0.2) is 46.0 Å². The molecule has 3 heterocycles. The highest BCUT2D eigenvalue weighted by Crippen LogP contribution is 2.29. The molecule has 0 atom stereocenters. The van der Waals surface area contributed by atoms with Gasteiger partial charge in [0.15, 0.2) is 5.13 Å². The highest BCUT2D eigenvalue weighted by molar-refractivity contribution is 7.91. The number of nitrogens with one attached hydrogen (secondary N) is 1. The Balaban J connectivity index is 1.40. The monoisotopic (exact) mass is 461 g/mol. The van der Waals surface area contributed by atoms with E-state index in [9.17, 15) is 13.2 Å². The predicted molar refractivity (Wildman–Crippen MR) is 122 cm³/mol. The second kappa shape index (κ2) is 8.97. The highest BCUT2D eigenvalue weighted by atomic mass is 32.2. The molecule has 6 nitrogen and oxygen atoms in total. The first-order valence-electron chi connectivity index (χ1n) is 9.84. The second-order valence-corrected chi connectivity index (χ2v) is 11.5. The zero-order chi connectivity index (χ0) is 21.1. The number of anilines is 1. The Labute approximate surface area is 184 Å². The molecule has 9 heteroatoms. The zero-order valence-corrected chi connectivity index (χ0v) is 19.1.